The number of aromatic nitrogens is 2. The number of thioether (sulfide) groups is 1. The van der Waals surface area contributed by atoms with Crippen molar-refractivity contribution in [3.63, 3.8) is 0 Å². The number of methoxy groups -OCH3 is 2. The molecule has 0 bridgehead atoms. The van der Waals surface area contributed by atoms with Crippen LogP contribution in [0, 0.1) is 0 Å². The van der Waals surface area contributed by atoms with Gasteiger partial charge in [0.05, 0.1) is 42.0 Å². The Morgan fingerprint density at radius 3 is 2.82 bits per heavy atom. The third-order valence-electron chi connectivity index (χ3n) is 5.52. The zero-order valence-corrected chi connectivity index (χ0v) is 20.3. The number of rotatable bonds is 8. The Morgan fingerprint density at radius 2 is 2.06 bits per heavy atom. The lowest BCUT2D eigenvalue weighted by Crippen LogP contribution is -2.29. The maximum absolute atomic E-state index is 13.1. The van der Waals surface area contributed by atoms with Crippen LogP contribution in [0.1, 0.15) is 40.2 Å². The van der Waals surface area contributed by atoms with Gasteiger partial charge in [0.2, 0.25) is 5.91 Å². The van der Waals surface area contributed by atoms with Crippen molar-refractivity contribution in [3.05, 3.63) is 50.6 Å². The zero-order valence-electron chi connectivity index (χ0n) is 18.7. The first-order chi connectivity index (χ1) is 15.9. The monoisotopic (exact) mass is 487 g/mol. The molecule has 2 heterocycles. The number of nitrogens with zero attached hydrogens (tertiary/aromatic N) is 2. The third kappa shape index (κ3) is 4.68. The van der Waals surface area contributed by atoms with Gasteiger partial charge in [-0.15, -0.1) is 11.3 Å². The molecule has 1 N–H and O–H groups in total. The lowest BCUT2D eigenvalue weighted by Gasteiger charge is -2.18. The van der Waals surface area contributed by atoms with Crippen LogP contribution in [0.15, 0.2) is 34.2 Å². The van der Waals surface area contributed by atoms with E-state index in [0.717, 1.165) is 29.7 Å². The van der Waals surface area contributed by atoms with E-state index in [1.54, 1.807) is 29.9 Å². The van der Waals surface area contributed by atoms with Crippen molar-refractivity contribution in [2.45, 2.75) is 37.4 Å². The van der Waals surface area contributed by atoms with Crippen molar-refractivity contribution in [3.8, 4) is 0 Å². The molecule has 4 rings (SSSR count). The second kappa shape index (κ2) is 10.1. The topological polar surface area (TPSA) is 99.5 Å². The molecule has 1 aliphatic rings. The first kappa shape index (κ1) is 23.5. The van der Waals surface area contributed by atoms with Crippen molar-refractivity contribution in [1.82, 2.24) is 9.55 Å². The van der Waals surface area contributed by atoms with Crippen molar-refractivity contribution < 1.29 is 19.1 Å². The summed E-state index contributed by atoms with van der Waals surface area (Å²) < 4.78 is 11.8. The normalized spacial score (nSPS) is 13.7. The highest BCUT2D eigenvalue weighted by molar-refractivity contribution is 7.99. The number of thiophene rings is 1. The summed E-state index contributed by atoms with van der Waals surface area (Å²) >= 11 is 2.61. The predicted molar refractivity (Wildman–Crippen MR) is 130 cm³/mol. The molecule has 1 unspecified atom stereocenters. The molecule has 0 aliphatic heterocycles. The smallest absolute Gasteiger partial charge is 0.341 e. The fraction of sp³-hybridized carbons (Fsp3) is 0.391. The van der Waals surface area contributed by atoms with Crippen molar-refractivity contribution in [2.75, 3.05) is 31.9 Å². The molecule has 2 aromatic heterocycles. The summed E-state index contributed by atoms with van der Waals surface area (Å²) in [6.07, 6.45) is 2.71. The minimum absolute atomic E-state index is 0.0354. The summed E-state index contributed by atoms with van der Waals surface area (Å²) in [6, 6.07) is 6.89. The van der Waals surface area contributed by atoms with Gasteiger partial charge in [-0.2, -0.15) is 0 Å². The number of nitrogens with one attached hydrogen (secondary N) is 1. The van der Waals surface area contributed by atoms with Crippen LogP contribution in [0.5, 0.6) is 0 Å². The van der Waals surface area contributed by atoms with Gasteiger partial charge in [-0.1, -0.05) is 23.9 Å². The minimum atomic E-state index is -0.434. The van der Waals surface area contributed by atoms with Gasteiger partial charge in [-0.05, 0) is 43.9 Å². The molecule has 0 radical (unpaired) electrons. The molecule has 8 nitrogen and oxygen atoms in total. The number of hydrogen-bond donors (Lipinski definition) is 1. The molecular weight excluding hydrogens is 462 g/mol. The van der Waals surface area contributed by atoms with Crippen LogP contribution < -0.4 is 10.9 Å². The number of para-hydroxylation sites is 1. The summed E-state index contributed by atoms with van der Waals surface area (Å²) in [5, 5.41) is 4.35. The Balaban J connectivity index is 1.58. The summed E-state index contributed by atoms with van der Waals surface area (Å²) in [4.78, 5) is 44.0. The Kier molecular flexibility index (Phi) is 7.16. The van der Waals surface area contributed by atoms with Gasteiger partial charge < -0.3 is 14.8 Å². The largest absolute Gasteiger partial charge is 0.465 e. The molecule has 0 saturated heterocycles. The van der Waals surface area contributed by atoms with E-state index >= 15 is 0 Å². The van der Waals surface area contributed by atoms with Crippen molar-refractivity contribution in [2.24, 2.45) is 0 Å². The molecule has 3 aromatic rings. The molecule has 1 aromatic carbocycles. The number of amides is 1. The number of fused-ring (bicyclic) bond motifs is 2. The SMILES string of the molecule is COCC(C)n1c(SCC(=O)Nc2sc3c(c2C(=O)OC)CCC3)nc2ccccc2c1=O. The number of hydrogen-bond acceptors (Lipinski definition) is 8. The van der Waals surface area contributed by atoms with Crippen LogP contribution in [0.2, 0.25) is 0 Å². The average Bonchev–Trinajstić information content (AvgIpc) is 3.38. The molecular formula is C23H25N3O5S2. The van der Waals surface area contributed by atoms with Crippen molar-refractivity contribution in [1.29, 1.82) is 0 Å². The number of esters is 1. The molecule has 174 valence electrons. The van der Waals surface area contributed by atoms with E-state index < -0.39 is 5.97 Å². The van der Waals surface area contributed by atoms with Gasteiger partial charge in [0.1, 0.15) is 5.00 Å². The maximum atomic E-state index is 13.1. The Labute approximate surface area is 199 Å². The highest BCUT2D eigenvalue weighted by Gasteiger charge is 2.28. The second-order valence-corrected chi connectivity index (χ2v) is 9.83. The molecule has 10 heteroatoms. The summed E-state index contributed by atoms with van der Waals surface area (Å²) in [5.74, 6) is -0.678. The maximum Gasteiger partial charge on any atom is 0.341 e. The van der Waals surface area contributed by atoms with E-state index in [9.17, 15) is 14.4 Å². The highest BCUT2D eigenvalue weighted by atomic mass is 32.2. The van der Waals surface area contributed by atoms with Gasteiger partial charge >= 0.3 is 5.97 Å². The van der Waals surface area contributed by atoms with E-state index in [-0.39, 0.29) is 23.3 Å². The Bertz CT molecular complexity index is 1270. The van der Waals surface area contributed by atoms with Gasteiger partial charge in [-0.25, -0.2) is 9.78 Å². The van der Waals surface area contributed by atoms with E-state index in [1.165, 1.54) is 30.2 Å². The van der Waals surface area contributed by atoms with Gasteiger partial charge in [0, 0.05) is 12.0 Å². The van der Waals surface area contributed by atoms with E-state index in [1.807, 2.05) is 13.0 Å². The number of ether oxygens (including phenoxy) is 2. The van der Waals surface area contributed by atoms with Crippen LogP contribution in [-0.4, -0.2) is 48.0 Å². The Hall–Kier alpha value is -2.69. The van der Waals surface area contributed by atoms with E-state index in [2.05, 4.69) is 10.3 Å². The number of carbonyl (C=O) groups excluding carboxylic acids is 2. The predicted octanol–water partition coefficient (Wildman–Crippen LogP) is 3.67. The van der Waals surface area contributed by atoms with Gasteiger partial charge in [-0.3, -0.25) is 14.2 Å². The van der Waals surface area contributed by atoms with Gasteiger partial charge in [0.15, 0.2) is 5.16 Å². The molecule has 1 aliphatic carbocycles. The standard InChI is InChI=1S/C23H25N3O5S2/c1-13(11-30-2)26-21(28)14-7-4-5-9-16(14)24-23(26)32-12-18(27)25-20-19(22(29)31-3)15-8-6-10-17(15)33-20/h4-5,7,9,13H,6,8,10-12H2,1-3H3,(H,25,27). The molecule has 1 amide bonds. The van der Waals surface area contributed by atoms with Crippen LogP contribution in [-0.2, 0) is 27.1 Å². The van der Waals surface area contributed by atoms with E-state index in [4.69, 9.17) is 9.47 Å². The van der Waals surface area contributed by atoms with Crippen LogP contribution in [0.25, 0.3) is 10.9 Å². The lowest BCUT2D eigenvalue weighted by atomic mass is 10.1. The summed E-state index contributed by atoms with van der Waals surface area (Å²) in [6.45, 7) is 2.21. The first-order valence-corrected chi connectivity index (χ1v) is 12.4. The number of aryl methyl sites for hydroxylation is 1. The second-order valence-electron chi connectivity index (χ2n) is 7.78. The molecule has 1 atom stereocenters. The third-order valence-corrected chi connectivity index (χ3v) is 7.68. The first-order valence-electron chi connectivity index (χ1n) is 10.6. The number of anilines is 1. The van der Waals surface area contributed by atoms with Gasteiger partial charge in [0.25, 0.3) is 5.56 Å². The fourth-order valence-electron chi connectivity index (χ4n) is 4.03. The lowest BCUT2D eigenvalue weighted by molar-refractivity contribution is -0.113. The quantitative estimate of drug-likeness (QED) is 0.294. The number of benzene rings is 1. The fourth-order valence-corrected chi connectivity index (χ4v) is 6.23. The Morgan fingerprint density at radius 1 is 1.27 bits per heavy atom. The minimum Gasteiger partial charge on any atom is -0.465 e. The molecule has 33 heavy (non-hydrogen) atoms. The molecule has 0 spiro atoms. The summed E-state index contributed by atoms with van der Waals surface area (Å²) in [5.41, 5.74) is 1.85. The summed E-state index contributed by atoms with van der Waals surface area (Å²) in [7, 11) is 2.92. The van der Waals surface area contributed by atoms with E-state index in [0.29, 0.717) is 33.2 Å². The highest BCUT2D eigenvalue weighted by Crippen LogP contribution is 2.39. The number of carbonyl (C=O) groups is 2. The average molecular weight is 488 g/mol. The van der Waals surface area contributed by atoms with Crippen molar-refractivity contribution >= 4 is 50.9 Å². The molecule has 0 saturated carbocycles. The molecule has 0 fully saturated rings. The van der Waals surface area contributed by atoms with Crippen LogP contribution >= 0.6 is 23.1 Å². The van der Waals surface area contributed by atoms with Crippen LogP contribution in [0.4, 0.5) is 5.00 Å². The van der Waals surface area contributed by atoms with Crippen LogP contribution in [0.3, 0.4) is 0 Å². The zero-order chi connectivity index (χ0) is 23.5.